The Kier molecular flexibility index (Phi) is 6.70. The topological polar surface area (TPSA) is 6.48 Å². The molecule has 2 nitrogen and oxygen atoms in total. The van der Waals surface area contributed by atoms with Crippen LogP contribution in [-0.2, 0) is 10.8 Å². The second-order valence-electron chi connectivity index (χ2n) is 15.8. The van der Waals surface area contributed by atoms with E-state index in [0.29, 0.717) is 18.3 Å². The molecule has 1 saturated heterocycles. The highest BCUT2D eigenvalue weighted by molar-refractivity contribution is 6.80. The van der Waals surface area contributed by atoms with Crippen molar-refractivity contribution >= 4 is 29.2 Å². The Labute approximate surface area is 265 Å². The van der Waals surface area contributed by atoms with Crippen LogP contribution in [0.1, 0.15) is 72.1 Å². The summed E-state index contributed by atoms with van der Waals surface area (Å²) in [4.78, 5) is 5.33. The highest BCUT2D eigenvalue weighted by atomic mass is 15.2. The maximum Gasteiger partial charge on any atom is 0.200 e. The van der Waals surface area contributed by atoms with Gasteiger partial charge in [-0.2, -0.15) is 0 Å². The van der Waals surface area contributed by atoms with Gasteiger partial charge in [-0.05, 0) is 85.0 Å². The normalized spacial score (nSPS) is 24.2. The van der Waals surface area contributed by atoms with Crippen molar-refractivity contribution in [3.8, 4) is 0 Å². The van der Waals surface area contributed by atoms with Crippen LogP contribution in [-0.4, -0.2) is 18.8 Å². The lowest BCUT2D eigenvalue weighted by molar-refractivity contribution is 0.589. The lowest BCUT2D eigenvalue weighted by atomic mass is 9.24. The molecule has 3 heteroatoms. The number of nitrogens with zero attached hydrogens (tertiary/aromatic N) is 2. The zero-order chi connectivity index (χ0) is 31.1. The van der Waals surface area contributed by atoms with Gasteiger partial charge in [0, 0.05) is 28.6 Å². The lowest BCUT2D eigenvalue weighted by Gasteiger charge is -2.57. The fraction of sp³-hybridized carbons (Fsp3) is 0.366. The van der Waals surface area contributed by atoms with Crippen LogP contribution in [0, 0.1) is 6.92 Å². The minimum atomic E-state index is 0.123. The number of hydrogen-bond acceptors (Lipinski definition) is 2. The Hall–Kier alpha value is -3.72. The third kappa shape index (κ3) is 4.71. The Balaban J connectivity index is 1.44. The molecule has 0 N–H and O–H groups in total. The molecule has 4 aliphatic rings. The molecule has 2 heterocycles. The summed E-state index contributed by atoms with van der Waals surface area (Å²) in [7, 11) is 0. The zero-order valence-corrected chi connectivity index (χ0v) is 28.0. The Bertz CT molecular complexity index is 1720. The number of rotatable bonds is 2. The molecule has 0 saturated carbocycles. The van der Waals surface area contributed by atoms with E-state index in [4.69, 9.17) is 0 Å². The fourth-order valence-corrected chi connectivity index (χ4v) is 8.21. The highest BCUT2D eigenvalue weighted by Gasteiger charge is 2.56. The van der Waals surface area contributed by atoms with Crippen LogP contribution in [0.5, 0.6) is 0 Å². The molecule has 2 aliphatic carbocycles. The molecule has 4 atom stereocenters. The van der Waals surface area contributed by atoms with Gasteiger partial charge in [-0.3, -0.25) is 0 Å². The van der Waals surface area contributed by atoms with Crippen LogP contribution in [0.3, 0.4) is 0 Å². The van der Waals surface area contributed by atoms with Gasteiger partial charge in [-0.1, -0.05) is 124 Å². The van der Waals surface area contributed by atoms with E-state index in [1.165, 1.54) is 56.1 Å². The predicted octanol–water partition coefficient (Wildman–Crippen LogP) is 9.80. The van der Waals surface area contributed by atoms with Gasteiger partial charge < -0.3 is 9.80 Å². The second-order valence-corrected chi connectivity index (χ2v) is 15.8. The van der Waals surface area contributed by atoms with Gasteiger partial charge in [0.05, 0.1) is 12.1 Å². The molecule has 44 heavy (non-hydrogen) atoms. The average Bonchev–Trinajstić information content (AvgIpc) is 2.96. The summed E-state index contributed by atoms with van der Waals surface area (Å²) in [6, 6.07) is 26.5. The van der Waals surface area contributed by atoms with Crippen LogP contribution in [0.25, 0.3) is 0 Å². The van der Waals surface area contributed by atoms with Crippen molar-refractivity contribution in [1.82, 2.24) is 0 Å². The minimum absolute atomic E-state index is 0.123. The van der Waals surface area contributed by atoms with E-state index in [9.17, 15) is 0 Å². The summed E-state index contributed by atoms with van der Waals surface area (Å²) in [5.74, 6) is 0.708. The van der Waals surface area contributed by atoms with Crippen LogP contribution >= 0.6 is 0 Å². The van der Waals surface area contributed by atoms with E-state index in [2.05, 4.69) is 169 Å². The van der Waals surface area contributed by atoms with Crippen LogP contribution < -0.4 is 15.3 Å². The van der Waals surface area contributed by atoms with Gasteiger partial charge in [0.25, 0.3) is 0 Å². The average molecular weight is 579 g/mol. The van der Waals surface area contributed by atoms with Crippen molar-refractivity contribution in [2.45, 2.75) is 96.9 Å². The quantitative estimate of drug-likeness (QED) is 0.279. The molecule has 0 bridgehead atoms. The van der Waals surface area contributed by atoms with Crippen molar-refractivity contribution in [2.75, 3.05) is 9.80 Å². The van der Waals surface area contributed by atoms with Gasteiger partial charge in [-0.15, -0.1) is 0 Å². The second kappa shape index (κ2) is 10.2. The van der Waals surface area contributed by atoms with Crippen LogP contribution in [0.2, 0.25) is 11.6 Å². The number of allylic oxidation sites excluding steroid dienone is 4. The molecule has 0 spiro atoms. The highest BCUT2D eigenvalue weighted by Crippen LogP contribution is 2.55. The minimum Gasteiger partial charge on any atom is -0.339 e. The van der Waals surface area contributed by atoms with Gasteiger partial charge in [0.15, 0.2) is 0 Å². The molecule has 0 radical (unpaired) electrons. The zero-order valence-electron chi connectivity index (χ0n) is 28.0. The number of anilines is 3. The third-order valence-electron chi connectivity index (χ3n) is 10.4. The SMILES string of the molecule is CC1=CC2B3c4cc(C)ccc4N(c4ccc(C(C)(C)C)cc4)C4C=C(C)C=C(C34)N(c3ccc(C(C)(C)C)cc3)C2C=C1. The van der Waals surface area contributed by atoms with E-state index < -0.39 is 0 Å². The molecule has 3 aromatic carbocycles. The number of fused-ring (bicyclic) bond motifs is 4. The predicted molar refractivity (Wildman–Crippen MR) is 191 cm³/mol. The summed E-state index contributed by atoms with van der Waals surface area (Å²) < 4.78 is 0. The summed E-state index contributed by atoms with van der Waals surface area (Å²) in [5.41, 5.74) is 13.9. The van der Waals surface area contributed by atoms with Gasteiger partial charge in [0.1, 0.15) is 0 Å². The van der Waals surface area contributed by atoms with Crippen molar-refractivity contribution < 1.29 is 0 Å². The molecule has 0 amide bonds. The molecular formula is C41H47BN2. The first-order valence-electron chi connectivity index (χ1n) is 16.5. The monoisotopic (exact) mass is 578 g/mol. The molecule has 0 aromatic heterocycles. The maximum absolute atomic E-state index is 2.68. The van der Waals surface area contributed by atoms with Crippen LogP contribution in [0.15, 0.2) is 114 Å². The molecule has 2 aliphatic heterocycles. The largest absolute Gasteiger partial charge is 0.339 e. The first-order chi connectivity index (χ1) is 20.8. The number of benzene rings is 3. The van der Waals surface area contributed by atoms with Crippen molar-refractivity contribution in [2.24, 2.45) is 0 Å². The van der Waals surface area contributed by atoms with E-state index in [1.807, 2.05) is 0 Å². The molecule has 4 unspecified atom stereocenters. The maximum atomic E-state index is 2.68. The van der Waals surface area contributed by atoms with E-state index in [0.717, 1.165) is 0 Å². The van der Waals surface area contributed by atoms with Gasteiger partial charge in [-0.25, -0.2) is 0 Å². The van der Waals surface area contributed by atoms with E-state index in [1.54, 1.807) is 0 Å². The van der Waals surface area contributed by atoms with Crippen molar-refractivity contribution in [1.29, 1.82) is 0 Å². The molecule has 224 valence electrons. The fourth-order valence-electron chi connectivity index (χ4n) is 8.21. The van der Waals surface area contributed by atoms with Crippen LogP contribution in [0.4, 0.5) is 17.1 Å². The molecule has 7 rings (SSSR count). The van der Waals surface area contributed by atoms with E-state index >= 15 is 0 Å². The molecule has 3 aromatic rings. The Morgan fingerprint density at radius 2 is 1.23 bits per heavy atom. The number of aryl methyl sites for hydroxylation is 1. The van der Waals surface area contributed by atoms with Crippen molar-refractivity contribution in [3.05, 3.63) is 131 Å². The third-order valence-corrected chi connectivity index (χ3v) is 10.4. The Morgan fingerprint density at radius 3 is 1.82 bits per heavy atom. The summed E-state index contributed by atoms with van der Waals surface area (Å²) >= 11 is 0. The standard InChI is InChI=1S/C41H47BN2/c1-26-10-20-35-33(22-26)42-34-23-27(2)11-21-36(34)44(32-18-14-30(15-19-32)41(7,8)9)38-25-28(3)24-37(39(38)42)43(35)31-16-12-29(13-17-31)40(4,5)6/h10-25,33,35,38-39H,1-9H3. The lowest BCUT2D eigenvalue weighted by Crippen LogP contribution is -2.64. The van der Waals surface area contributed by atoms with Gasteiger partial charge in [0.2, 0.25) is 6.71 Å². The summed E-state index contributed by atoms with van der Waals surface area (Å²) in [5, 5.41) is 0. The first-order valence-corrected chi connectivity index (χ1v) is 16.5. The van der Waals surface area contributed by atoms with Gasteiger partial charge >= 0.3 is 0 Å². The molecular weight excluding hydrogens is 531 g/mol. The van der Waals surface area contributed by atoms with E-state index in [-0.39, 0.29) is 22.9 Å². The molecule has 1 fully saturated rings. The Morgan fingerprint density at radius 1 is 0.636 bits per heavy atom. The smallest absolute Gasteiger partial charge is 0.200 e. The summed E-state index contributed by atoms with van der Waals surface area (Å²) in [6.45, 7) is 21.0. The number of hydrogen-bond donors (Lipinski definition) is 0. The first kappa shape index (κ1) is 29.0. The summed E-state index contributed by atoms with van der Waals surface area (Å²) in [6.07, 6.45) is 12.4. The van der Waals surface area contributed by atoms with Crippen molar-refractivity contribution in [3.63, 3.8) is 0 Å².